The van der Waals surface area contributed by atoms with Gasteiger partial charge >= 0.3 is 18.1 Å². The molecule has 0 aromatic heterocycles. The largest absolute Gasteiger partial charge is 0.471 e. The van der Waals surface area contributed by atoms with E-state index in [1.807, 2.05) is 0 Å². The quantitative estimate of drug-likeness (QED) is 0.449. The van der Waals surface area contributed by atoms with Crippen molar-refractivity contribution in [3.8, 4) is 0 Å². The van der Waals surface area contributed by atoms with Crippen molar-refractivity contribution in [3.63, 3.8) is 0 Å². The molecular formula is C17H27F3N2O4S. The zero-order chi connectivity index (χ0) is 21.4. The molecule has 0 aliphatic carbocycles. The molecule has 27 heavy (non-hydrogen) atoms. The number of esters is 1. The van der Waals surface area contributed by atoms with Gasteiger partial charge in [-0.2, -0.15) is 24.9 Å². The number of hydrogen-bond acceptors (Lipinski definition) is 5. The standard InChI is InChI=1S/C17H27F3N2O4S/c1-10(2)9-12(14(24)26-16(3,4)5)21-13(23)11(7-8-27-6)22-15(25)17(18,19)20/h11-12H,1,7-9H2,2-6H3,(H,21,23)(H,22,25)/t11-,12+/m0/s1. The fraction of sp³-hybridized carbons (Fsp3) is 0.706. The molecule has 0 fully saturated rings. The van der Waals surface area contributed by atoms with Crippen LogP contribution in [-0.4, -0.2) is 53.7 Å². The molecule has 2 atom stereocenters. The van der Waals surface area contributed by atoms with Gasteiger partial charge < -0.3 is 15.4 Å². The number of alkyl halides is 3. The molecule has 0 spiro atoms. The zero-order valence-electron chi connectivity index (χ0n) is 16.2. The van der Waals surface area contributed by atoms with E-state index < -0.39 is 41.6 Å². The zero-order valence-corrected chi connectivity index (χ0v) is 17.0. The maximum atomic E-state index is 12.5. The molecule has 0 saturated heterocycles. The van der Waals surface area contributed by atoms with Gasteiger partial charge in [0.1, 0.15) is 17.7 Å². The van der Waals surface area contributed by atoms with E-state index in [2.05, 4.69) is 11.9 Å². The van der Waals surface area contributed by atoms with Crippen molar-refractivity contribution in [1.82, 2.24) is 10.6 Å². The van der Waals surface area contributed by atoms with Gasteiger partial charge in [-0.3, -0.25) is 9.59 Å². The Kier molecular flexibility index (Phi) is 9.91. The molecule has 2 N–H and O–H groups in total. The molecule has 0 aromatic rings. The molecule has 0 radical (unpaired) electrons. The SMILES string of the molecule is C=C(C)C[C@@H](NC(=O)[C@H](CCSC)NC(=O)C(F)(F)F)C(=O)OC(C)(C)C. The average Bonchev–Trinajstić information content (AvgIpc) is 2.47. The van der Waals surface area contributed by atoms with Crippen LogP contribution in [0.2, 0.25) is 0 Å². The van der Waals surface area contributed by atoms with Crippen LogP contribution in [-0.2, 0) is 19.1 Å². The molecule has 0 saturated carbocycles. The summed E-state index contributed by atoms with van der Waals surface area (Å²) in [5.74, 6) is -3.49. The number of ether oxygens (including phenoxy) is 1. The monoisotopic (exact) mass is 412 g/mol. The van der Waals surface area contributed by atoms with E-state index in [0.29, 0.717) is 11.3 Å². The second-order valence-electron chi connectivity index (χ2n) is 7.06. The molecule has 0 aliphatic rings. The highest BCUT2D eigenvalue weighted by atomic mass is 32.2. The van der Waals surface area contributed by atoms with Crippen LogP contribution in [0.4, 0.5) is 13.2 Å². The predicted octanol–water partition coefficient (Wildman–Crippen LogP) is 2.58. The van der Waals surface area contributed by atoms with Crippen LogP contribution < -0.4 is 10.6 Å². The minimum Gasteiger partial charge on any atom is -0.458 e. The summed E-state index contributed by atoms with van der Waals surface area (Å²) in [5, 5.41) is 4.04. The third kappa shape index (κ3) is 10.9. The fourth-order valence-corrected chi connectivity index (χ4v) is 2.40. The molecule has 156 valence electrons. The van der Waals surface area contributed by atoms with Gasteiger partial charge in [0.05, 0.1) is 0 Å². The summed E-state index contributed by atoms with van der Waals surface area (Å²) in [5.41, 5.74) is -0.233. The van der Waals surface area contributed by atoms with Crippen LogP contribution in [0.1, 0.15) is 40.5 Å². The Morgan fingerprint density at radius 2 is 1.67 bits per heavy atom. The summed E-state index contributed by atoms with van der Waals surface area (Å²) >= 11 is 1.31. The Morgan fingerprint density at radius 1 is 1.11 bits per heavy atom. The third-order valence-electron chi connectivity index (χ3n) is 3.05. The lowest BCUT2D eigenvalue weighted by molar-refractivity contribution is -0.174. The van der Waals surface area contributed by atoms with Crippen LogP contribution in [0.25, 0.3) is 0 Å². The highest BCUT2D eigenvalue weighted by molar-refractivity contribution is 7.98. The van der Waals surface area contributed by atoms with Gasteiger partial charge in [0, 0.05) is 0 Å². The molecule has 6 nitrogen and oxygen atoms in total. The summed E-state index contributed by atoms with van der Waals surface area (Å²) in [7, 11) is 0. The lowest BCUT2D eigenvalue weighted by atomic mass is 10.1. The maximum Gasteiger partial charge on any atom is 0.471 e. The normalized spacial score (nSPS) is 14.1. The van der Waals surface area contributed by atoms with E-state index in [1.54, 1.807) is 39.3 Å². The minimum atomic E-state index is -5.11. The van der Waals surface area contributed by atoms with E-state index in [0.717, 1.165) is 0 Å². The van der Waals surface area contributed by atoms with Crippen molar-refractivity contribution in [2.45, 2.75) is 64.4 Å². The molecule has 0 rings (SSSR count). The number of thioether (sulfide) groups is 1. The van der Waals surface area contributed by atoms with Crippen LogP contribution in [0, 0.1) is 0 Å². The van der Waals surface area contributed by atoms with E-state index in [1.165, 1.54) is 11.8 Å². The van der Waals surface area contributed by atoms with Gasteiger partial charge in [-0.1, -0.05) is 5.57 Å². The Bertz CT molecular complexity index is 559. The summed E-state index contributed by atoms with van der Waals surface area (Å²) in [6.45, 7) is 10.3. The first-order valence-electron chi connectivity index (χ1n) is 8.21. The van der Waals surface area contributed by atoms with E-state index in [4.69, 9.17) is 4.74 Å². The van der Waals surface area contributed by atoms with Crippen molar-refractivity contribution in [2.75, 3.05) is 12.0 Å². The van der Waals surface area contributed by atoms with Crippen LogP contribution in [0.5, 0.6) is 0 Å². The summed E-state index contributed by atoms with van der Waals surface area (Å²) in [6, 6.07) is -2.55. The fourth-order valence-electron chi connectivity index (χ4n) is 1.93. The van der Waals surface area contributed by atoms with Gasteiger partial charge in [-0.25, -0.2) is 4.79 Å². The van der Waals surface area contributed by atoms with E-state index in [-0.39, 0.29) is 12.8 Å². The summed E-state index contributed by atoms with van der Waals surface area (Å²) in [6.07, 6.45) is -3.36. The Balaban J connectivity index is 5.30. The predicted molar refractivity (Wildman–Crippen MR) is 98.2 cm³/mol. The number of rotatable bonds is 9. The van der Waals surface area contributed by atoms with Crippen LogP contribution in [0.3, 0.4) is 0 Å². The number of amides is 2. The van der Waals surface area contributed by atoms with Crippen LogP contribution >= 0.6 is 11.8 Å². The molecule has 0 unspecified atom stereocenters. The maximum absolute atomic E-state index is 12.5. The minimum absolute atomic E-state index is 0.0249. The van der Waals surface area contributed by atoms with E-state index in [9.17, 15) is 27.6 Å². The summed E-state index contributed by atoms with van der Waals surface area (Å²) < 4.78 is 42.8. The second-order valence-corrected chi connectivity index (χ2v) is 8.05. The first-order valence-corrected chi connectivity index (χ1v) is 9.61. The van der Waals surface area contributed by atoms with Gasteiger partial charge in [0.2, 0.25) is 5.91 Å². The average molecular weight is 412 g/mol. The van der Waals surface area contributed by atoms with Crippen molar-refractivity contribution in [1.29, 1.82) is 0 Å². The number of carbonyl (C=O) groups excluding carboxylic acids is 3. The first-order chi connectivity index (χ1) is 12.2. The number of hydrogen-bond donors (Lipinski definition) is 2. The molecular weight excluding hydrogens is 385 g/mol. The van der Waals surface area contributed by atoms with Crippen molar-refractivity contribution in [3.05, 3.63) is 12.2 Å². The topological polar surface area (TPSA) is 84.5 Å². The Labute approximate surface area is 161 Å². The van der Waals surface area contributed by atoms with Gasteiger partial charge in [0.25, 0.3) is 0 Å². The first kappa shape index (κ1) is 25.3. The van der Waals surface area contributed by atoms with Gasteiger partial charge in [-0.15, -0.1) is 6.58 Å². The second kappa shape index (κ2) is 10.6. The third-order valence-corrected chi connectivity index (χ3v) is 3.69. The van der Waals surface area contributed by atoms with Gasteiger partial charge in [0.15, 0.2) is 0 Å². The molecule has 10 heteroatoms. The van der Waals surface area contributed by atoms with Gasteiger partial charge in [-0.05, 0) is 52.5 Å². The van der Waals surface area contributed by atoms with Crippen molar-refractivity contribution >= 4 is 29.5 Å². The number of halogens is 3. The number of carbonyl (C=O) groups is 3. The molecule has 0 bridgehead atoms. The van der Waals surface area contributed by atoms with Crippen molar-refractivity contribution < 1.29 is 32.3 Å². The Morgan fingerprint density at radius 3 is 2.07 bits per heavy atom. The van der Waals surface area contributed by atoms with E-state index >= 15 is 0 Å². The molecule has 2 amide bonds. The highest BCUT2D eigenvalue weighted by Crippen LogP contribution is 2.16. The lowest BCUT2D eigenvalue weighted by Gasteiger charge is -2.26. The smallest absolute Gasteiger partial charge is 0.458 e. The summed E-state index contributed by atoms with van der Waals surface area (Å²) in [4.78, 5) is 35.9. The lowest BCUT2D eigenvalue weighted by Crippen LogP contribution is -2.54. The van der Waals surface area contributed by atoms with Crippen LogP contribution in [0.15, 0.2) is 12.2 Å². The Hall–Kier alpha value is -1.71. The molecule has 0 aromatic carbocycles. The van der Waals surface area contributed by atoms with Crippen molar-refractivity contribution in [2.24, 2.45) is 0 Å². The molecule has 0 aliphatic heterocycles. The number of nitrogens with one attached hydrogen (secondary N) is 2. The molecule has 0 heterocycles. The highest BCUT2D eigenvalue weighted by Gasteiger charge is 2.41.